The van der Waals surface area contributed by atoms with Crippen molar-refractivity contribution >= 4 is 23.4 Å². The normalized spacial score (nSPS) is 13.6. The van der Waals surface area contributed by atoms with E-state index in [1.165, 1.54) is 32.3 Å². The fraction of sp³-hybridized carbons (Fsp3) is 0.407. The number of nitrogens with one attached hydrogen (secondary N) is 3. The maximum Gasteiger partial charge on any atom is 0.324 e. The van der Waals surface area contributed by atoms with Gasteiger partial charge < -0.3 is 20.1 Å². The second-order valence-corrected chi connectivity index (χ2v) is 9.85. The first-order chi connectivity index (χ1) is 17.4. The van der Waals surface area contributed by atoms with Crippen LogP contribution < -0.4 is 16.0 Å². The molecule has 1 aromatic carbocycles. The highest BCUT2D eigenvalue weighted by Crippen LogP contribution is 2.28. The van der Waals surface area contributed by atoms with Gasteiger partial charge >= 0.3 is 6.03 Å². The van der Waals surface area contributed by atoms with E-state index in [-0.39, 0.29) is 5.41 Å². The van der Waals surface area contributed by atoms with Crippen molar-refractivity contribution in [2.24, 2.45) is 0 Å². The summed E-state index contributed by atoms with van der Waals surface area (Å²) >= 11 is 0. The Morgan fingerprint density at radius 1 is 1.14 bits per heavy atom. The van der Waals surface area contributed by atoms with E-state index in [4.69, 9.17) is 4.52 Å². The lowest BCUT2D eigenvalue weighted by molar-refractivity contribution is 0.262. The van der Waals surface area contributed by atoms with Gasteiger partial charge in [-0.1, -0.05) is 43.8 Å². The largest absolute Gasteiger partial charge is 0.369 e. The monoisotopic (exact) mass is 487 g/mol. The van der Waals surface area contributed by atoms with Crippen LogP contribution in [0.3, 0.4) is 0 Å². The Morgan fingerprint density at radius 3 is 2.78 bits per heavy atom. The smallest absolute Gasteiger partial charge is 0.324 e. The quantitative estimate of drug-likeness (QED) is 0.327. The molecule has 0 radical (unpaired) electrons. The molecule has 9 nitrogen and oxygen atoms in total. The van der Waals surface area contributed by atoms with Crippen molar-refractivity contribution in [3.8, 4) is 11.8 Å². The van der Waals surface area contributed by atoms with Crippen molar-refractivity contribution in [3.05, 3.63) is 59.7 Å². The Balaban J connectivity index is 1.36. The van der Waals surface area contributed by atoms with Crippen molar-refractivity contribution in [1.82, 2.24) is 20.0 Å². The van der Waals surface area contributed by atoms with Crippen molar-refractivity contribution < 1.29 is 9.32 Å². The Hall–Kier alpha value is -3.90. The Morgan fingerprint density at radius 2 is 1.97 bits per heavy atom. The average Bonchev–Trinajstić information content (AvgIpc) is 3.53. The predicted octanol–water partition coefficient (Wildman–Crippen LogP) is 4.70. The zero-order chi connectivity index (χ0) is 25.4. The van der Waals surface area contributed by atoms with E-state index in [1.54, 1.807) is 18.5 Å². The molecule has 1 fully saturated rings. The molecule has 1 aliphatic rings. The first kappa shape index (κ1) is 25.2. The third-order valence-corrected chi connectivity index (χ3v) is 5.93. The third-order valence-electron chi connectivity index (χ3n) is 5.93. The number of carbonyl (C=O) groups excluding carboxylic acids is 1. The molecule has 9 heteroatoms. The van der Waals surface area contributed by atoms with Crippen LogP contribution in [0.25, 0.3) is 0 Å². The molecule has 0 bridgehead atoms. The van der Waals surface area contributed by atoms with Gasteiger partial charge in [0.1, 0.15) is 18.4 Å². The molecular formula is C27H33N7O2. The van der Waals surface area contributed by atoms with E-state index in [1.807, 2.05) is 39.0 Å². The van der Waals surface area contributed by atoms with Gasteiger partial charge in [-0.15, -0.1) is 0 Å². The van der Waals surface area contributed by atoms with Gasteiger partial charge in [-0.25, -0.2) is 14.8 Å². The minimum Gasteiger partial charge on any atom is -0.369 e. The maximum atomic E-state index is 12.5. The van der Waals surface area contributed by atoms with E-state index in [2.05, 4.69) is 47.8 Å². The summed E-state index contributed by atoms with van der Waals surface area (Å²) in [4.78, 5) is 23.5. The lowest BCUT2D eigenvalue weighted by Gasteiger charge is -2.17. The maximum absolute atomic E-state index is 12.5. The molecule has 188 valence electrons. The molecule has 0 aliphatic carbocycles. The van der Waals surface area contributed by atoms with Gasteiger partial charge in [0.05, 0.1) is 5.56 Å². The number of benzene rings is 1. The number of anilines is 3. The van der Waals surface area contributed by atoms with E-state index >= 15 is 0 Å². The van der Waals surface area contributed by atoms with Crippen LogP contribution in [0.4, 0.5) is 22.1 Å². The zero-order valence-electron chi connectivity index (χ0n) is 21.1. The van der Waals surface area contributed by atoms with Crippen LogP contribution in [0.15, 0.2) is 47.6 Å². The Labute approximate surface area is 212 Å². The number of carbonyl (C=O) groups is 1. The summed E-state index contributed by atoms with van der Waals surface area (Å²) in [5.74, 6) is 7.44. The molecular weight excluding hydrogens is 454 g/mol. The molecule has 3 N–H and O–H groups in total. The van der Waals surface area contributed by atoms with E-state index in [9.17, 15) is 4.79 Å². The van der Waals surface area contributed by atoms with Crippen LogP contribution in [0.5, 0.6) is 0 Å². The van der Waals surface area contributed by atoms with Gasteiger partial charge in [0, 0.05) is 29.6 Å². The molecule has 0 unspecified atom stereocenters. The van der Waals surface area contributed by atoms with Crippen LogP contribution in [0.2, 0.25) is 0 Å². The fourth-order valence-electron chi connectivity index (χ4n) is 4.02. The fourth-order valence-corrected chi connectivity index (χ4v) is 4.02. The number of nitrogens with zero attached hydrogens (tertiary/aromatic N) is 4. The summed E-state index contributed by atoms with van der Waals surface area (Å²) in [6, 6.07) is 6.94. The summed E-state index contributed by atoms with van der Waals surface area (Å²) in [5.41, 5.74) is 2.72. The first-order valence-corrected chi connectivity index (χ1v) is 12.3. The van der Waals surface area contributed by atoms with Crippen molar-refractivity contribution in [2.75, 3.05) is 42.1 Å². The van der Waals surface area contributed by atoms with Crippen molar-refractivity contribution in [2.45, 2.75) is 45.4 Å². The predicted molar refractivity (Wildman–Crippen MR) is 141 cm³/mol. The van der Waals surface area contributed by atoms with Gasteiger partial charge in [-0.3, -0.25) is 5.32 Å². The second-order valence-electron chi connectivity index (χ2n) is 9.85. The zero-order valence-corrected chi connectivity index (χ0v) is 21.1. The molecule has 2 aromatic heterocycles. The van der Waals surface area contributed by atoms with Crippen molar-refractivity contribution in [1.29, 1.82) is 0 Å². The highest BCUT2D eigenvalue weighted by molar-refractivity contribution is 5.99. The van der Waals surface area contributed by atoms with Gasteiger partial charge in [0.2, 0.25) is 0 Å². The molecule has 1 saturated heterocycles. The van der Waals surface area contributed by atoms with Crippen LogP contribution in [0.1, 0.15) is 56.7 Å². The van der Waals surface area contributed by atoms with Gasteiger partial charge in [-0.05, 0) is 62.5 Å². The average molecular weight is 488 g/mol. The molecule has 3 heterocycles. The lowest BCUT2D eigenvalue weighted by atomic mass is 9.89. The number of hydrogen-bond donors (Lipinski definition) is 3. The number of likely N-dealkylation sites (tertiary alicyclic amines) is 1. The lowest BCUT2D eigenvalue weighted by Crippen LogP contribution is -2.22. The number of amides is 2. The summed E-state index contributed by atoms with van der Waals surface area (Å²) in [7, 11) is 0. The number of hydrogen-bond acceptors (Lipinski definition) is 7. The van der Waals surface area contributed by atoms with Gasteiger partial charge in [0.15, 0.2) is 5.82 Å². The van der Waals surface area contributed by atoms with Crippen LogP contribution in [0, 0.1) is 11.8 Å². The third kappa shape index (κ3) is 7.06. The van der Waals surface area contributed by atoms with Gasteiger partial charge in [0.25, 0.3) is 0 Å². The van der Waals surface area contributed by atoms with Crippen LogP contribution in [-0.2, 0) is 5.41 Å². The van der Waals surface area contributed by atoms with E-state index in [0.29, 0.717) is 11.5 Å². The molecule has 1 aliphatic heterocycles. The van der Waals surface area contributed by atoms with Crippen LogP contribution >= 0.6 is 0 Å². The Bertz CT molecular complexity index is 1230. The highest BCUT2D eigenvalue weighted by Gasteiger charge is 2.22. The number of aromatic nitrogens is 3. The summed E-state index contributed by atoms with van der Waals surface area (Å²) in [6.45, 7) is 10.4. The first-order valence-electron chi connectivity index (χ1n) is 12.3. The molecule has 2 amide bonds. The number of urea groups is 1. The van der Waals surface area contributed by atoms with Crippen LogP contribution in [-0.4, -0.2) is 52.2 Å². The minimum absolute atomic E-state index is 0.207. The molecule has 0 spiro atoms. The SMILES string of the molecule is CC(C)(C)c1conc1NC(=O)Nc1cccc(C#Cc2cncnc2NCCCN2CCCC2)c1. The summed E-state index contributed by atoms with van der Waals surface area (Å²) in [6.07, 6.45) is 8.45. The second kappa shape index (κ2) is 11.7. The Kier molecular flexibility index (Phi) is 8.18. The molecule has 36 heavy (non-hydrogen) atoms. The highest BCUT2D eigenvalue weighted by atomic mass is 16.5. The van der Waals surface area contributed by atoms with E-state index < -0.39 is 6.03 Å². The molecule has 4 rings (SSSR count). The standard InChI is InChI=1S/C27H33N7O2/c1-27(2,3)23-18-36-33-25(23)32-26(35)31-22-9-6-8-20(16-22)10-11-21-17-28-19-30-24(21)29-12-7-15-34-13-4-5-14-34/h6,8-9,16-19H,4-5,7,12-15H2,1-3H3,(H,28,29,30)(H2,31,32,33,35). The van der Waals surface area contributed by atoms with Crippen molar-refractivity contribution in [3.63, 3.8) is 0 Å². The minimum atomic E-state index is -0.406. The summed E-state index contributed by atoms with van der Waals surface area (Å²) in [5, 5.41) is 12.9. The number of rotatable bonds is 7. The molecule has 0 saturated carbocycles. The van der Waals surface area contributed by atoms with E-state index in [0.717, 1.165) is 42.0 Å². The molecule has 0 atom stereocenters. The topological polar surface area (TPSA) is 108 Å². The summed E-state index contributed by atoms with van der Waals surface area (Å²) < 4.78 is 5.05. The molecule has 3 aromatic rings. The van der Waals surface area contributed by atoms with Gasteiger partial charge in [-0.2, -0.15) is 0 Å².